The standard InChI is InChI=1S/C22H22FN5.ClH/c1-17-3-2-4-18(13-17)22-19(14-24-9-11-27-12-10-25-16-27)15-28(26-22)21-7-5-20(23)6-8-21;/h2-8,10,12-13,15-16,24H,9,11,14H2,1H3;1H. The molecule has 2 aromatic heterocycles. The molecule has 0 spiro atoms. The first-order chi connectivity index (χ1) is 13.7. The quantitative estimate of drug-likeness (QED) is 0.459. The second-order valence-electron chi connectivity index (χ2n) is 6.77. The number of hydrogen-bond donors (Lipinski definition) is 1. The molecule has 2 heterocycles. The Kier molecular flexibility index (Phi) is 6.80. The molecule has 7 heteroatoms. The van der Waals surface area contributed by atoms with Crippen LogP contribution in [-0.2, 0) is 13.1 Å². The van der Waals surface area contributed by atoms with Gasteiger partial charge in [0.15, 0.2) is 0 Å². The summed E-state index contributed by atoms with van der Waals surface area (Å²) in [6, 6.07) is 14.7. The van der Waals surface area contributed by atoms with E-state index in [0.29, 0.717) is 6.54 Å². The Morgan fingerprint density at radius 2 is 1.93 bits per heavy atom. The normalized spacial score (nSPS) is 10.7. The molecule has 29 heavy (non-hydrogen) atoms. The summed E-state index contributed by atoms with van der Waals surface area (Å²) in [5.41, 5.74) is 5.13. The van der Waals surface area contributed by atoms with Crippen LogP contribution >= 0.6 is 12.4 Å². The molecule has 0 atom stereocenters. The Labute approximate surface area is 175 Å². The zero-order valence-corrected chi connectivity index (χ0v) is 16.9. The molecule has 0 radical (unpaired) electrons. The molecule has 0 amide bonds. The number of halogens is 2. The van der Waals surface area contributed by atoms with Crippen LogP contribution < -0.4 is 5.32 Å². The first kappa shape index (κ1) is 20.8. The van der Waals surface area contributed by atoms with Crippen LogP contribution in [-0.4, -0.2) is 25.9 Å². The van der Waals surface area contributed by atoms with Crippen LogP contribution in [0.15, 0.2) is 73.4 Å². The van der Waals surface area contributed by atoms with Gasteiger partial charge in [-0.15, -0.1) is 12.4 Å². The van der Waals surface area contributed by atoms with Crippen molar-refractivity contribution < 1.29 is 4.39 Å². The molecule has 0 bridgehead atoms. The molecular weight excluding hydrogens is 389 g/mol. The van der Waals surface area contributed by atoms with Gasteiger partial charge in [0.2, 0.25) is 0 Å². The van der Waals surface area contributed by atoms with Gasteiger partial charge in [-0.25, -0.2) is 14.1 Å². The van der Waals surface area contributed by atoms with Crippen molar-refractivity contribution in [3.05, 3.63) is 90.4 Å². The molecule has 5 nitrogen and oxygen atoms in total. The summed E-state index contributed by atoms with van der Waals surface area (Å²) < 4.78 is 17.1. The van der Waals surface area contributed by atoms with Gasteiger partial charge in [0, 0.05) is 49.4 Å². The minimum absolute atomic E-state index is 0. The molecule has 1 N–H and O–H groups in total. The Balaban J connectivity index is 0.00000240. The zero-order valence-electron chi connectivity index (χ0n) is 16.1. The van der Waals surface area contributed by atoms with Crippen LogP contribution in [0.5, 0.6) is 0 Å². The molecule has 0 aliphatic rings. The molecule has 0 saturated heterocycles. The Bertz CT molecular complexity index is 1040. The predicted octanol–water partition coefficient (Wildman–Crippen LogP) is 4.39. The Hall–Kier alpha value is -2.96. The van der Waals surface area contributed by atoms with E-state index in [1.807, 2.05) is 34.0 Å². The fraction of sp³-hybridized carbons (Fsp3) is 0.182. The summed E-state index contributed by atoms with van der Waals surface area (Å²) in [5, 5.41) is 8.27. The molecule has 0 saturated carbocycles. The lowest BCUT2D eigenvalue weighted by molar-refractivity contribution is 0.597. The molecule has 0 aliphatic heterocycles. The molecular formula is C22H23ClFN5. The van der Waals surface area contributed by atoms with E-state index in [1.54, 1.807) is 18.3 Å². The van der Waals surface area contributed by atoms with Crippen molar-refractivity contribution in [3.8, 4) is 16.9 Å². The molecule has 150 valence electrons. The van der Waals surface area contributed by atoms with Gasteiger partial charge in [0.25, 0.3) is 0 Å². The number of aryl methyl sites for hydroxylation is 1. The third-order valence-corrected chi connectivity index (χ3v) is 4.59. The maximum Gasteiger partial charge on any atom is 0.123 e. The van der Waals surface area contributed by atoms with Gasteiger partial charge in [-0.1, -0.05) is 23.8 Å². The number of hydrogen-bond acceptors (Lipinski definition) is 3. The van der Waals surface area contributed by atoms with Crippen molar-refractivity contribution >= 4 is 12.4 Å². The average Bonchev–Trinajstić information content (AvgIpc) is 3.36. The number of benzene rings is 2. The fourth-order valence-electron chi connectivity index (χ4n) is 3.15. The highest BCUT2D eigenvalue weighted by Crippen LogP contribution is 2.24. The van der Waals surface area contributed by atoms with E-state index in [-0.39, 0.29) is 18.2 Å². The van der Waals surface area contributed by atoms with Gasteiger partial charge in [-0.3, -0.25) is 0 Å². The maximum atomic E-state index is 13.3. The van der Waals surface area contributed by atoms with E-state index >= 15 is 0 Å². The number of aromatic nitrogens is 4. The van der Waals surface area contributed by atoms with Gasteiger partial charge in [-0.2, -0.15) is 5.10 Å². The molecule has 0 aliphatic carbocycles. The number of imidazole rings is 1. The summed E-state index contributed by atoms with van der Waals surface area (Å²) in [5.74, 6) is -0.254. The van der Waals surface area contributed by atoms with E-state index in [9.17, 15) is 4.39 Å². The van der Waals surface area contributed by atoms with Crippen molar-refractivity contribution in [2.24, 2.45) is 0 Å². The second-order valence-corrected chi connectivity index (χ2v) is 6.77. The van der Waals surface area contributed by atoms with Crippen LogP contribution in [0.2, 0.25) is 0 Å². The van der Waals surface area contributed by atoms with Crippen molar-refractivity contribution in [1.29, 1.82) is 0 Å². The summed E-state index contributed by atoms with van der Waals surface area (Å²) >= 11 is 0. The highest BCUT2D eigenvalue weighted by atomic mass is 35.5. The van der Waals surface area contributed by atoms with Crippen molar-refractivity contribution in [3.63, 3.8) is 0 Å². The molecule has 4 rings (SSSR count). The zero-order chi connectivity index (χ0) is 19.3. The van der Waals surface area contributed by atoms with Gasteiger partial charge in [0.1, 0.15) is 5.82 Å². The van der Waals surface area contributed by atoms with Crippen molar-refractivity contribution in [1.82, 2.24) is 24.6 Å². The average molecular weight is 412 g/mol. The number of nitrogens with one attached hydrogen (secondary N) is 1. The van der Waals surface area contributed by atoms with Crippen LogP contribution in [0.4, 0.5) is 4.39 Å². The third-order valence-electron chi connectivity index (χ3n) is 4.59. The Morgan fingerprint density at radius 3 is 2.66 bits per heavy atom. The van der Waals surface area contributed by atoms with Gasteiger partial charge >= 0.3 is 0 Å². The predicted molar refractivity (Wildman–Crippen MR) is 115 cm³/mol. The van der Waals surface area contributed by atoms with Crippen LogP contribution in [0.1, 0.15) is 11.1 Å². The largest absolute Gasteiger partial charge is 0.336 e. The van der Waals surface area contributed by atoms with E-state index in [1.165, 1.54) is 17.7 Å². The first-order valence-electron chi connectivity index (χ1n) is 9.27. The van der Waals surface area contributed by atoms with Crippen molar-refractivity contribution in [2.45, 2.75) is 20.0 Å². The SMILES string of the molecule is Cc1cccc(-c2nn(-c3ccc(F)cc3)cc2CNCCn2ccnc2)c1.Cl. The molecule has 0 fully saturated rings. The topological polar surface area (TPSA) is 47.7 Å². The third kappa shape index (κ3) is 5.10. The molecule has 2 aromatic carbocycles. The van der Waals surface area contributed by atoms with Crippen LogP contribution in [0.25, 0.3) is 16.9 Å². The number of rotatable bonds is 7. The van der Waals surface area contributed by atoms with Crippen molar-refractivity contribution in [2.75, 3.05) is 6.54 Å². The van der Waals surface area contributed by atoms with E-state index in [0.717, 1.165) is 35.6 Å². The monoisotopic (exact) mass is 411 g/mol. The van der Waals surface area contributed by atoms with Gasteiger partial charge in [0.05, 0.1) is 17.7 Å². The maximum absolute atomic E-state index is 13.3. The summed E-state index contributed by atoms with van der Waals surface area (Å²) in [6.45, 7) is 4.44. The highest BCUT2D eigenvalue weighted by molar-refractivity contribution is 5.85. The van der Waals surface area contributed by atoms with Crippen LogP contribution in [0.3, 0.4) is 0 Å². The van der Waals surface area contributed by atoms with Gasteiger partial charge < -0.3 is 9.88 Å². The Morgan fingerprint density at radius 1 is 1.10 bits per heavy atom. The highest BCUT2D eigenvalue weighted by Gasteiger charge is 2.12. The summed E-state index contributed by atoms with van der Waals surface area (Å²) in [6.07, 6.45) is 7.55. The number of nitrogens with zero attached hydrogens (tertiary/aromatic N) is 4. The minimum atomic E-state index is -0.254. The lowest BCUT2D eigenvalue weighted by atomic mass is 10.1. The van der Waals surface area contributed by atoms with Crippen LogP contribution in [0, 0.1) is 12.7 Å². The lowest BCUT2D eigenvalue weighted by Crippen LogP contribution is -2.19. The molecule has 4 aromatic rings. The van der Waals surface area contributed by atoms with Gasteiger partial charge in [-0.05, 0) is 37.3 Å². The minimum Gasteiger partial charge on any atom is -0.336 e. The summed E-state index contributed by atoms with van der Waals surface area (Å²) in [7, 11) is 0. The fourth-order valence-corrected chi connectivity index (χ4v) is 3.15. The lowest BCUT2D eigenvalue weighted by Gasteiger charge is -2.06. The first-order valence-corrected chi connectivity index (χ1v) is 9.27. The molecule has 0 unspecified atom stereocenters. The van der Waals surface area contributed by atoms with E-state index in [2.05, 4.69) is 35.4 Å². The van der Waals surface area contributed by atoms with E-state index in [4.69, 9.17) is 5.10 Å². The smallest absolute Gasteiger partial charge is 0.123 e. The van der Waals surface area contributed by atoms with E-state index < -0.39 is 0 Å². The summed E-state index contributed by atoms with van der Waals surface area (Å²) in [4.78, 5) is 4.06. The second kappa shape index (κ2) is 9.49.